The minimum absolute atomic E-state index is 0.190. The van der Waals surface area contributed by atoms with E-state index >= 15 is 0 Å². The Balaban J connectivity index is 2.06. The first-order chi connectivity index (χ1) is 9.86. The fourth-order valence-electron chi connectivity index (χ4n) is 2.34. The highest BCUT2D eigenvalue weighted by Crippen LogP contribution is 2.26. The SMILES string of the molecule is CC1CN(C(=O)Nc2ccc(C(=O)O)c(O)c2)CC(C)S1. The number of aromatic carboxylic acids is 1. The summed E-state index contributed by atoms with van der Waals surface area (Å²) in [6, 6.07) is 3.74. The summed E-state index contributed by atoms with van der Waals surface area (Å²) in [7, 11) is 0. The molecule has 0 bridgehead atoms. The Morgan fingerprint density at radius 3 is 2.43 bits per heavy atom. The van der Waals surface area contributed by atoms with E-state index < -0.39 is 5.97 Å². The highest BCUT2D eigenvalue weighted by Gasteiger charge is 2.26. The van der Waals surface area contributed by atoms with Gasteiger partial charge in [-0.15, -0.1) is 0 Å². The topological polar surface area (TPSA) is 89.9 Å². The van der Waals surface area contributed by atoms with Gasteiger partial charge in [0.2, 0.25) is 0 Å². The largest absolute Gasteiger partial charge is 0.507 e. The normalized spacial score (nSPS) is 21.9. The number of phenols is 1. The van der Waals surface area contributed by atoms with Crippen molar-refractivity contribution in [3.8, 4) is 5.75 Å². The molecule has 2 atom stereocenters. The molecular formula is C14H18N2O4S. The van der Waals surface area contributed by atoms with Crippen LogP contribution in [0, 0.1) is 0 Å². The number of carboxylic acids is 1. The van der Waals surface area contributed by atoms with Crippen LogP contribution in [0.25, 0.3) is 0 Å². The van der Waals surface area contributed by atoms with E-state index in [0.29, 0.717) is 29.3 Å². The molecule has 21 heavy (non-hydrogen) atoms. The molecule has 6 nitrogen and oxygen atoms in total. The zero-order chi connectivity index (χ0) is 15.6. The molecule has 1 heterocycles. The maximum Gasteiger partial charge on any atom is 0.339 e. The van der Waals surface area contributed by atoms with Crippen molar-refractivity contribution in [3.63, 3.8) is 0 Å². The van der Waals surface area contributed by atoms with Gasteiger partial charge in [0.15, 0.2) is 0 Å². The number of nitrogens with zero attached hydrogens (tertiary/aromatic N) is 1. The fraction of sp³-hybridized carbons (Fsp3) is 0.429. The molecular weight excluding hydrogens is 292 g/mol. The van der Waals surface area contributed by atoms with E-state index in [9.17, 15) is 14.7 Å². The molecule has 0 radical (unpaired) electrons. The Labute approximate surface area is 127 Å². The van der Waals surface area contributed by atoms with E-state index in [1.807, 2.05) is 11.8 Å². The van der Waals surface area contributed by atoms with Gasteiger partial charge in [0, 0.05) is 35.3 Å². The summed E-state index contributed by atoms with van der Waals surface area (Å²) >= 11 is 1.85. The minimum Gasteiger partial charge on any atom is -0.507 e. The lowest BCUT2D eigenvalue weighted by Gasteiger charge is -2.34. The molecule has 2 rings (SSSR count). The number of amides is 2. The zero-order valence-corrected chi connectivity index (χ0v) is 12.7. The van der Waals surface area contributed by atoms with Gasteiger partial charge < -0.3 is 20.4 Å². The van der Waals surface area contributed by atoms with Gasteiger partial charge in [-0.1, -0.05) is 13.8 Å². The molecule has 3 N–H and O–H groups in total. The third-order valence-electron chi connectivity index (χ3n) is 3.19. The van der Waals surface area contributed by atoms with Gasteiger partial charge in [0.1, 0.15) is 11.3 Å². The van der Waals surface area contributed by atoms with E-state index in [1.165, 1.54) is 18.2 Å². The molecule has 0 aromatic heterocycles. The molecule has 1 fully saturated rings. The van der Waals surface area contributed by atoms with Crippen LogP contribution in [-0.2, 0) is 0 Å². The summed E-state index contributed by atoms with van der Waals surface area (Å²) in [4.78, 5) is 24.7. The average molecular weight is 310 g/mol. The first-order valence-electron chi connectivity index (χ1n) is 6.64. The van der Waals surface area contributed by atoms with E-state index in [2.05, 4.69) is 19.2 Å². The lowest BCUT2D eigenvalue weighted by Crippen LogP contribution is -2.46. The third kappa shape index (κ3) is 3.81. The number of anilines is 1. The molecule has 1 aliphatic rings. The smallest absolute Gasteiger partial charge is 0.339 e. The standard InChI is InChI=1S/C14H18N2O4S/c1-8-6-16(7-9(2)21-8)14(20)15-10-3-4-11(13(18)19)12(17)5-10/h3-5,8-9,17H,6-7H2,1-2H3,(H,15,20)(H,18,19). The minimum atomic E-state index is -1.21. The maximum atomic E-state index is 12.2. The second kappa shape index (κ2) is 6.26. The van der Waals surface area contributed by atoms with Crippen LogP contribution < -0.4 is 5.32 Å². The summed E-state index contributed by atoms with van der Waals surface area (Å²) < 4.78 is 0. The van der Waals surface area contributed by atoms with Crippen LogP contribution in [0.5, 0.6) is 5.75 Å². The molecule has 1 aromatic carbocycles. The number of hydrogen-bond acceptors (Lipinski definition) is 4. The summed E-state index contributed by atoms with van der Waals surface area (Å²) in [6.07, 6.45) is 0. The lowest BCUT2D eigenvalue weighted by molar-refractivity contribution is 0.0694. The number of thioether (sulfide) groups is 1. The van der Waals surface area contributed by atoms with E-state index in [0.717, 1.165) is 0 Å². The Kier molecular flexibility index (Phi) is 4.62. The monoisotopic (exact) mass is 310 g/mol. The molecule has 1 saturated heterocycles. The number of aromatic hydroxyl groups is 1. The Bertz CT molecular complexity index is 554. The molecule has 0 aliphatic carbocycles. The van der Waals surface area contributed by atoms with Gasteiger partial charge in [-0.25, -0.2) is 9.59 Å². The van der Waals surface area contributed by atoms with E-state index in [-0.39, 0.29) is 17.3 Å². The second-order valence-corrected chi connectivity index (χ2v) is 7.01. The number of hydrogen-bond donors (Lipinski definition) is 3. The number of nitrogens with one attached hydrogen (secondary N) is 1. The molecule has 7 heteroatoms. The van der Waals surface area contributed by atoms with Crippen LogP contribution in [0.15, 0.2) is 18.2 Å². The molecule has 114 valence electrons. The average Bonchev–Trinajstić information content (AvgIpc) is 2.37. The molecule has 2 unspecified atom stereocenters. The summed E-state index contributed by atoms with van der Waals surface area (Å²) in [5, 5.41) is 21.9. The lowest BCUT2D eigenvalue weighted by atomic mass is 10.2. The van der Waals surface area contributed by atoms with Crippen molar-refractivity contribution in [2.45, 2.75) is 24.3 Å². The zero-order valence-electron chi connectivity index (χ0n) is 11.9. The molecule has 0 saturated carbocycles. The predicted octanol–water partition coefficient (Wildman–Crippen LogP) is 2.45. The second-order valence-electron chi connectivity index (χ2n) is 5.13. The maximum absolute atomic E-state index is 12.2. The van der Waals surface area contributed by atoms with Crippen molar-refractivity contribution in [3.05, 3.63) is 23.8 Å². The summed E-state index contributed by atoms with van der Waals surface area (Å²) in [5.41, 5.74) is 0.186. The number of urea groups is 1. The number of carbonyl (C=O) groups excluding carboxylic acids is 1. The van der Waals surface area contributed by atoms with Crippen LogP contribution >= 0.6 is 11.8 Å². The van der Waals surface area contributed by atoms with Crippen molar-refractivity contribution in [2.75, 3.05) is 18.4 Å². The highest BCUT2D eigenvalue weighted by molar-refractivity contribution is 8.00. The number of rotatable bonds is 2. The van der Waals surface area contributed by atoms with Gasteiger partial charge in [-0.05, 0) is 12.1 Å². The van der Waals surface area contributed by atoms with Gasteiger partial charge in [0.05, 0.1) is 0 Å². The van der Waals surface area contributed by atoms with Crippen molar-refractivity contribution in [2.24, 2.45) is 0 Å². The summed E-state index contributed by atoms with van der Waals surface area (Å²) in [6.45, 7) is 5.49. The molecule has 2 amide bonds. The van der Waals surface area contributed by atoms with Crippen LogP contribution in [-0.4, -0.2) is 50.7 Å². The van der Waals surface area contributed by atoms with E-state index in [4.69, 9.17) is 5.11 Å². The summed E-state index contributed by atoms with van der Waals surface area (Å²) in [5.74, 6) is -1.57. The predicted molar refractivity (Wildman–Crippen MR) is 82.2 cm³/mol. The van der Waals surface area contributed by atoms with Gasteiger partial charge in [0.25, 0.3) is 0 Å². The number of benzene rings is 1. The first kappa shape index (κ1) is 15.5. The van der Waals surface area contributed by atoms with Crippen molar-refractivity contribution in [1.82, 2.24) is 4.90 Å². The van der Waals surface area contributed by atoms with Gasteiger partial charge >= 0.3 is 12.0 Å². The Morgan fingerprint density at radius 2 is 1.90 bits per heavy atom. The number of carbonyl (C=O) groups is 2. The van der Waals surface area contributed by atoms with Gasteiger partial charge in [-0.3, -0.25) is 0 Å². The molecule has 1 aromatic rings. The van der Waals surface area contributed by atoms with Crippen LogP contribution in [0.1, 0.15) is 24.2 Å². The highest BCUT2D eigenvalue weighted by atomic mass is 32.2. The first-order valence-corrected chi connectivity index (χ1v) is 7.58. The van der Waals surface area contributed by atoms with Crippen LogP contribution in [0.4, 0.5) is 10.5 Å². The Hall–Kier alpha value is -1.89. The van der Waals surface area contributed by atoms with Crippen molar-refractivity contribution in [1.29, 1.82) is 0 Å². The third-order valence-corrected chi connectivity index (χ3v) is 4.41. The van der Waals surface area contributed by atoms with Crippen molar-refractivity contribution >= 4 is 29.4 Å². The van der Waals surface area contributed by atoms with Crippen LogP contribution in [0.3, 0.4) is 0 Å². The molecule has 0 spiro atoms. The fourth-order valence-corrected chi connectivity index (χ4v) is 3.66. The van der Waals surface area contributed by atoms with Crippen molar-refractivity contribution < 1.29 is 19.8 Å². The van der Waals surface area contributed by atoms with Gasteiger partial charge in [-0.2, -0.15) is 11.8 Å². The molecule has 1 aliphatic heterocycles. The quantitative estimate of drug-likeness (QED) is 0.780. The van der Waals surface area contributed by atoms with Crippen LogP contribution in [0.2, 0.25) is 0 Å². The van der Waals surface area contributed by atoms with E-state index in [1.54, 1.807) is 4.90 Å². The Morgan fingerprint density at radius 1 is 1.29 bits per heavy atom. The number of carboxylic acid groups (broad SMARTS) is 1.